The number of nitrogens with one attached hydrogen (secondary N) is 1. The molecule has 3 heteroatoms. The van der Waals surface area contributed by atoms with Gasteiger partial charge in [-0.2, -0.15) is 0 Å². The van der Waals surface area contributed by atoms with Crippen molar-refractivity contribution in [3.8, 4) is 0 Å². The summed E-state index contributed by atoms with van der Waals surface area (Å²) in [5.41, 5.74) is 2.86. The van der Waals surface area contributed by atoms with Crippen LogP contribution in [0.3, 0.4) is 0 Å². The molecular formula is C15H12FNO. The molecule has 1 aliphatic rings. The molecule has 0 saturated carbocycles. The van der Waals surface area contributed by atoms with E-state index in [1.165, 1.54) is 12.1 Å². The van der Waals surface area contributed by atoms with Crippen molar-refractivity contribution in [2.45, 2.75) is 6.42 Å². The average Bonchev–Trinajstić information content (AvgIpc) is 2.85. The number of fused-ring (bicyclic) bond motifs is 1. The third-order valence-electron chi connectivity index (χ3n) is 3.20. The lowest BCUT2D eigenvalue weighted by Crippen LogP contribution is -2.04. The normalized spacial score (nSPS) is 12.9. The zero-order valence-corrected chi connectivity index (χ0v) is 9.74. The monoisotopic (exact) mass is 241 g/mol. The van der Waals surface area contributed by atoms with Crippen LogP contribution < -0.4 is 5.32 Å². The van der Waals surface area contributed by atoms with Crippen LogP contribution in [0.1, 0.15) is 21.5 Å². The molecule has 0 radical (unpaired) electrons. The van der Waals surface area contributed by atoms with Gasteiger partial charge in [-0.3, -0.25) is 4.79 Å². The fourth-order valence-corrected chi connectivity index (χ4v) is 2.25. The molecule has 2 aromatic carbocycles. The van der Waals surface area contributed by atoms with E-state index < -0.39 is 5.82 Å². The first-order valence-corrected chi connectivity index (χ1v) is 5.92. The van der Waals surface area contributed by atoms with E-state index in [0.717, 1.165) is 24.2 Å². The molecule has 0 saturated heterocycles. The van der Waals surface area contributed by atoms with E-state index in [0.29, 0.717) is 5.56 Å². The van der Waals surface area contributed by atoms with Gasteiger partial charge in [0.15, 0.2) is 5.78 Å². The molecule has 0 atom stereocenters. The van der Waals surface area contributed by atoms with Gasteiger partial charge in [0.05, 0.1) is 5.56 Å². The maximum atomic E-state index is 13.6. The number of rotatable bonds is 2. The number of carbonyl (C=O) groups is 1. The highest BCUT2D eigenvalue weighted by atomic mass is 19.1. The van der Waals surface area contributed by atoms with Gasteiger partial charge in [-0.15, -0.1) is 0 Å². The fraction of sp³-hybridized carbons (Fsp3) is 0.133. The third kappa shape index (κ3) is 1.78. The Labute approximate surface area is 104 Å². The maximum Gasteiger partial charge on any atom is 0.195 e. The number of hydrogen-bond acceptors (Lipinski definition) is 2. The summed E-state index contributed by atoms with van der Waals surface area (Å²) < 4.78 is 13.6. The summed E-state index contributed by atoms with van der Waals surface area (Å²) in [6.45, 7) is 0.896. The molecule has 0 bridgehead atoms. The van der Waals surface area contributed by atoms with E-state index in [2.05, 4.69) is 5.32 Å². The van der Waals surface area contributed by atoms with Gasteiger partial charge in [0.25, 0.3) is 0 Å². The highest BCUT2D eigenvalue weighted by Gasteiger charge is 2.16. The molecule has 2 aromatic rings. The Balaban J connectivity index is 2.01. The number of hydrogen-bond donors (Lipinski definition) is 1. The van der Waals surface area contributed by atoms with Crippen LogP contribution in [0.2, 0.25) is 0 Å². The molecule has 18 heavy (non-hydrogen) atoms. The second-order valence-electron chi connectivity index (χ2n) is 4.36. The molecule has 0 aromatic heterocycles. The zero-order valence-electron chi connectivity index (χ0n) is 9.74. The quantitative estimate of drug-likeness (QED) is 0.819. The van der Waals surface area contributed by atoms with E-state index in [4.69, 9.17) is 0 Å². The number of ketones is 1. The largest absolute Gasteiger partial charge is 0.384 e. The van der Waals surface area contributed by atoms with Crippen molar-refractivity contribution >= 4 is 11.5 Å². The maximum absolute atomic E-state index is 13.6. The molecule has 90 valence electrons. The molecule has 0 fully saturated rings. The lowest BCUT2D eigenvalue weighted by atomic mass is 10.00. The zero-order chi connectivity index (χ0) is 12.5. The Bertz CT molecular complexity index is 622. The molecule has 1 heterocycles. The first-order chi connectivity index (χ1) is 8.75. The molecular weight excluding hydrogens is 229 g/mol. The van der Waals surface area contributed by atoms with Crippen molar-refractivity contribution < 1.29 is 9.18 Å². The van der Waals surface area contributed by atoms with Crippen LogP contribution in [0.15, 0.2) is 42.5 Å². The minimum atomic E-state index is -0.471. The fourth-order valence-electron chi connectivity index (χ4n) is 2.25. The van der Waals surface area contributed by atoms with Crippen LogP contribution in [0.25, 0.3) is 0 Å². The topological polar surface area (TPSA) is 29.1 Å². The van der Waals surface area contributed by atoms with Crippen LogP contribution >= 0.6 is 0 Å². The van der Waals surface area contributed by atoms with Crippen molar-refractivity contribution in [3.05, 3.63) is 65.0 Å². The van der Waals surface area contributed by atoms with Crippen molar-refractivity contribution in [3.63, 3.8) is 0 Å². The van der Waals surface area contributed by atoms with E-state index in [-0.39, 0.29) is 11.3 Å². The van der Waals surface area contributed by atoms with Gasteiger partial charge >= 0.3 is 0 Å². The molecule has 0 unspecified atom stereocenters. The summed E-state index contributed by atoms with van der Waals surface area (Å²) in [6.07, 6.45) is 0.910. The van der Waals surface area contributed by atoms with E-state index in [9.17, 15) is 9.18 Å². The van der Waals surface area contributed by atoms with Crippen LogP contribution in [0, 0.1) is 5.82 Å². The Morgan fingerprint density at radius 3 is 2.83 bits per heavy atom. The van der Waals surface area contributed by atoms with E-state index >= 15 is 0 Å². The number of halogens is 1. The van der Waals surface area contributed by atoms with Gasteiger partial charge in [0.1, 0.15) is 5.82 Å². The van der Waals surface area contributed by atoms with Crippen LogP contribution in [0.5, 0.6) is 0 Å². The van der Waals surface area contributed by atoms with Gasteiger partial charge in [0, 0.05) is 17.8 Å². The predicted molar refractivity (Wildman–Crippen MR) is 68.5 cm³/mol. The van der Waals surface area contributed by atoms with Gasteiger partial charge in [-0.25, -0.2) is 4.39 Å². The van der Waals surface area contributed by atoms with Gasteiger partial charge in [0.2, 0.25) is 0 Å². The molecule has 0 spiro atoms. The minimum Gasteiger partial charge on any atom is -0.384 e. The number of anilines is 1. The Morgan fingerprint density at radius 1 is 1.17 bits per heavy atom. The first kappa shape index (κ1) is 11.0. The van der Waals surface area contributed by atoms with E-state index in [1.807, 2.05) is 12.1 Å². The summed E-state index contributed by atoms with van der Waals surface area (Å²) in [6, 6.07) is 11.6. The minimum absolute atomic E-state index is 0.128. The molecule has 1 aliphatic heterocycles. The van der Waals surface area contributed by atoms with Gasteiger partial charge in [-0.1, -0.05) is 12.1 Å². The number of benzene rings is 2. The van der Waals surface area contributed by atoms with Crippen LogP contribution in [-0.2, 0) is 6.42 Å². The summed E-state index contributed by atoms with van der Waals surface area (Å²) in [4.78, 5) is 12.2. The standard InChI is InChI=1S/C15H12FNO/c16-13-4-2-1-3-12(13)15(18)11-5-6-14-10(9-11)7-8-17-14/h1-6,9,17H,7-8H2. The van der Waals surface area contributed by atoms with Crippen molar-refractivity contribution in [1.29, 1.82) is 0 Å². The van der Waals surface area contributed by atoms with Gasteiger partial charge < -0.3 is 5.32 Å². The summed E-state index contributed by atoms with van der Waals surface area (Å²) in [7, 11) is 0. The highest BCUT2D eigenvalue weighted by molar-refractivity contribution is 6.09. The Hall–Kier alpha value is -2.16. The second kappa shape index (κ2) is 4.26. The smallest absolute Gasteiger partial charge is 0.195 e. The second-order valence-corrected chi connectivity index (χ2v) is 4.36. The molecule has 0 amide bonds. The van der Waals surface area contributed by atoms with Crippen molar-refractivity contribution in [2.75, 3.05) is 11.9 Å². The Kier molecular flexibility index (Phi) is 2.59. The first-order valence-electron chi connectivity index (χ1n) is 5.92. The highest BCUT2D eigenvalue weighted by Crippen LogP contribution is 2.24. The third-order valence-corrected chi connectivity index (χ3v) is 3.20. The molecule has 2 nitrogen and oxygen atoms in total. The molecule has 3 rings (SSSR count). The summed E-state index contributed by atoms with van der Waals surface area (Å²) in [5, 5.41) is 3.23. The van der Waals surface area contributed by atoms with Crippen LogP contribution in [0.4, 0.5) is 10.1 Å². The molecule has 1 N–H and O–H groups in total. The lowest BCUT2D eigenvalue weighted by Gasteiger charge is -2.05. The molecule has 0 aliphatic carbocycles. The SMILES string of the molecule is O=C(c1ccc2c(c1)CCN2)c1ccccc1F. The predicted octanol–water partition coefficient (Wildman–Crippen LogP) is 3.02. The lowest BCUT2D eigenvalue weighted by molar-refractivity contribution is 0.103. The van der Waals surface area contributed by atoms with E-state index in [1.54, 1.807) is 18.2 Å². The van der Waals surface area contributed by atoms with Crippen molar-refractivity contribution in [1.82, 2.24) is 0 Å². The van der Waals surface area contributed by atoms with Crippen LogP contribution in [-0.4, -0.2) is 12.3 Å². The summed E-state index contributed by atoms with van der Waals surface area (Å²) in [5.74, 6) is -0.732. The van der Waals surface area contributed by atoms with Gasteiger partial charge in [-0.05, 0) is 42.3 Å². The average molecular weight is 241 g/mol. The van der Waals surface area contributed by atoms with Crippen molar-refractivity contribution in [2.24, 2.45) is 0 Å². The summed E-state index contributed by atoms with van der Waals surface area (Å²) >= 11 is 0. The Morgan fingerprint density at radius 2 is 2.00 bits per heavy atom. The number of carbonyl (C=O) groups excluding carboxylic acids is 1.